The normalized spacial score (nSPS) is 11.3. The predicted molar refractivity (Wildman–Crippen MR) is 35.2 cm³/mol. The first-order chi connectivity index (χ1) is 5.97. The molecule has 72 valence electrons. The van der Waals surface area contributed by atoms with Gasteiger partial charge in [-0.25, -0.2) is 9.97 Å². The Balaban J connectivity index is 2.55. The highest BCUT2D eigenvalue weighted by molar-refractivity contribution is 5.16. The summed E-state index contributed by atoms with van der Waals surface area (Å²) in [6.45, 7) is -1.44. The third-order valence-electron chi connectivity index (χ3n) is 1.01. The molecule has 0 saturated heterocycles. The van der Waals surface area contributed by atoms with Gasteiger partial charge in [-0.2, -0.15) is 13.2 Å². The molecule has 0 aliphatic carbocycles. The monoisotopic (exact) mass is 194 g/mol. The Morgan fingerprint density at radius 2 is 2.08 bits per heavy atom. The van der Waals surface area contributed by atoms with Crippen LogP contribution in [0, 0.1) is 0 Å². The number of halogens is 3. The molecular formula is C6H5F3N2O2. The molecule has 1 heterocycles. The van der Waals surface area contributed by atoms with Crippen LogP contribution in [0.2, 0.25) is 0 Å². The summed E-state index contributed by atoms with van der Waals surface area (Å²) >= 11 is 0. The number of aromatic hydroxyl groups is 1. The molecule has 1 N–H and O–H groups in total. The van der Waals surface area contributed by atoms with Crippen molar-refractivity contribution in [3.8, 4) is 11.8 Å². The first kappa shape index (κ1) is 9.56. The second-order valence-electron chi connectivity index (χ2n) is 2.12. The lowest BCUT2D eigenvalue weighted by Crippen LogP contribution is -2.19. The zero-order valence-corrected chi connectivity index (χ0v) is 6.25. The van der Waals surface area contributed by atoms with Crippen LogP contribution in [-0.4, -0.2) is 27.9 Å². The summed E-state index contributed by atoms with van der Waals surface area (Å²) in [5, 5.41) is 8.73. The Morgan fingerprint density at radius 3 is 2.62 bits per heavy atom. The topological polar surface area (TPSA) is 55.2 Å². The summed E-state index contributed by atoms with van der Waals surface area (Å²) in [6.07, 6.45) is -3.51. The fraction of sp³-hybridized carbons (Fsp3) is 0.333. The van der Waals surface area contributed by atoms with Gasteiger partial charge in [0.2, 0.25) is 11.8 Å². The van der Waals surface area contributed by atoms with Gasteiger partial charge < -0.3 is 9.84 Å². The Hall–Kier alpha value is -1.53. The fourth-order valence-electron chi connectivity index (χ4n) is 0.565. The van der Waals surface area contributed by atoms with Gasteiger partial charge in [-0.05, 0) is 0 Å². The highest BCUT2D eigenvalue weighted by atomic mass is 19.4. The van der Waals surface area contributed by atoms with Crippen LogP contribution in [0.3, 0.4) is 0 Å². The summed E-state index contributed by atoms with van der Waals surface area (Å²) in [6, 6.07) is 0.895. The van der Waals surface area contributed by atoms with Crippen molar-refractivity contribution in [1.82, 2.24) is 9.97 Å². The van der Waals surface area contributed by atoms with Crippen LogP contribution in [-0.2, 0) is 0 Å². The van der Waals surface area contributed by atoms with Gasteiger partial charge >= 0.3 is 6.18 Å². The molecule has 0 spiro atoms. The number of ether oxygens (including phenoxy) is 1. The van der Waals surface area contributed by atoms with Crippen LogP contribution in [0.1, 0.15) is 0 Å². The van der Waals surface area contributed by atoms with E-state index in [-0.39, 0.29) is 5.88 Å². The van der Waals surface area contributed by atoms with Gasteiger partial charge in [-0.3, -0.25) is 0 Å². The minimum absolute atomic E-state index is 0.315. The van der Waals surface area contributed by atoms with Crippen molar-refractivity contribution in [2.75, 3.05) is 6.61 Å². The van der Waals surface area contributed by atoms with Crippen LogP contribution in [0.5, 0.6) is 11.8 Å². The summed E-state index contributed by atoms with van der Waals surface area (Å²) in [4.78, 5) is 6.62. The van der Waals surface area contributed by atoms with Gasteiger partial charge in [0.1, 0.15) is 6.33 Å². The molecule has 7 heteroatoms. The molecule has 0 aliphatic rings. The van der Waals surface area contributed by atoms with Crippen molar-refractivity contribution in [3.05, 3.63) is 12.4 Å². The number of rotatable bonds is 2. The molecule has 0 aliphatic heterocycles. The van der Waals surface area contributed by atoms with Crippen molar-refractivity contribution < 1.29 is 23.0 Å². The van der Waals surface area contributed by atoms with Gasteiger partial charge in [0.15, 0.2) is 6.61 Å². The molecule has 1 aromatic heterocycles. The Morgan fingerprint density at radius 1 is 1.38 bits per heavy atom. The number of alkyl halides is 3. The lowest BCUT2D eigenvalue weighted by Gasteiger charge is -2.07. The Kier molecular flexibility index (Phi) is 2.54. The number of aromatic nitrogens is 2. The molecule has 13 heavy (non-hydrogen) atoms. The minimum atomic E-state index is -4.42. The maximum absolute atomic E-state index is 11.6. The molecule has 0 atom stereocenters. The van der Waals surface area contributed by atoms with Gasteiger partial charge in [0.25, 0.3) is 0 Å². The molecule has 0 unspecified atom stereocenters. The quantitative estimate of drug-likeness (QED) is 0.766. The molecule has 1 rings (SSSR count). The van der Waals surface area contributed by atoms with Gasteiger partial charge in [-0.15, -0.1) is 0 Å². The lowest BCUT2D eigenvalue weighted by molar-refractivity contribution is -0.154. The van der Waals surface area contributed by atoms with E-state index in [4.69, 9.17) is 5.11 Å². The summed E-state index contributed by atoms with van der Waals surface area (Å²) in [7, 11) is 0. The number of hydrogen-bond acceptors (Lipinski definition) is 4. The standard InChI is InChI=1S/C6H5F3N2O2/c7-6(8,9)2-13-5-1-4(12)10-3-11-5/h1,3H,2H2,(H,10,11,12). The largest absolute Gasteiger partial charge is 0.493 e. The van der Waals surface area contributed by atoms with Crippen molar-refractivity contribution in [1.29, 1.82) is 0 Å². The smallest absolute Gasteiger partial charge is 0.422 e. The molecule has 0 bridgehead atoms. The van der Waals surface area contributed by atoms with E-state index < -0.39 is 18.7 Å². The first-order valence-electron chi connectivity index (χ1n) is 3.18. The van der Waals surface area contributed by atoms with E-state index in [0.717, 1.165) is 12.4 Å². The van der Waals surface area contributed by atoms with Crippen LogP contribution >= 0.6 is 0 Å². The van der Waals surface area contributed by atoms with Crippen molar-refractivity contribution in [2.45, 2.75) is 6.18 Å². The average Bonchev–Trinajstić information content (AvgIpc) is 2.00. The van der Waals surface area contributed by atoms with E-state index in [9.17, 15) is 13.2 Å². The molecule has 0 saturated carbocycles. The molecule has 0 radical (unpaired) electrons. The van der Waals surface area contributed by atoms with E-state index in [2.05, 4.69) is 14.7 Å². The summed E-state index contributed by atoms with van der Waals surface area (Å²) < 4.78 is 39.0. The molecule has 1 aromatic rings. The van der Waals surface area contributed by atoms with Gasteiger partial charge in [0.05, 0.1) is 6.07 Å². The van der Waals surface area contributed by atoms with Crippen LogP contribution in [0.15, 0.2) is 12.4 Å². The van der Waals surface area contributed by atoms with Crippen molar-refractivity contribution in [3.63, 3.8) is 0 Å². The number of nitrogens with zero attached hydrogens (tertiary/aromatic N) is 2. The van der Waals surface area contributed by atoms with Gasteiger partial charge in [-0.1, -0.05) is 0 Å². The molecule has 4 nitrogen and oxygen atoms in total. The van der Waals surface area contributed by atoms with E-state index in [1.54, 1.807) is 0 Å². The third-order valence-corrected chi connectivity index (χ3v) is 1.01. The summed E-state index contributed by atoms with van der Waals surface area (Å²) in [5.41, 5.74) is 0. The Bertz CT molecular complexity index is 289. The summed E-state index contributed by atoms with van der Waals surface area (Å²) in [5.74, 6) is -0.753. The maximum Gasteiger partial charge on any atom is 0.422 e. The van der Waals surface area contributed by atoms with Crippen LogP contribution in [0.4, 0.5) is 13.2 Å². The van der Waals surface area contributed by atoms with E-state index in [1.807, 2.05) is 0 Å². The van der Waals surface area contributed by atoms with E-state index in [1.165, 1.54) is 0 Å². The highest BCUT2D eigenvalue weighted by Gasteiger charge is 2.28. The molecule has 0 aromatic carbocycles. The minimum Gasteiger partial charge on any atom is -0.493 e. The lowest BCUT2D eigenvalue weighted by atomic mass is 10.6. The average molecular weight is 194 g/mol. The third kappa shape index (κ3) is 3.59. The second-order valence-corrected chi connectivity index (χ2v) is 2.12. The number of hydrogen-bond donors (Lipinski definition) is 1. The zero-order valence-electron chi connectivity index (χ0n) is 6.25. The molecule has 0 fully saturated rings. The van der Waals surface area contributed by atoms with E-state index >= 15 is 0 Å². The van der Waals surface area contributed by atoms with Crippen molar-refractivity contribution in [2.24, 2.45) is 0 Å². The molecular weight excluding hydrogens is 189 g/mol. The second kappa shape index (κ2) is 3.46. The van der Waals surface area contributed by atoms with Crippen LogP contribution < -0.4 is 4.74 Å². The fourth-order valence-corrected chi connectivity index (χ4v) is 0.565. The van der Waals surface area contributed by atoms with Gasteiger partial charge in [0, 0.05) is 0 Å². The SMILES string of the molecule is Oc1cc(OCC(F)(F)F)ncn1. The maximum atomic E-state index is 11.6. The zero-order chi connectivity index (χ0) is 9.90. The van der Waals surface area contributed by atoms with Crippen LogP contribution in [0.25, 0.3) is 0 Å². The predicted octanol–water partition coefficient (Wildman–Crippen LogP) is 1.12. The first-order valence-corrected chi connectivity index (χ1v) is 3.18. The van der Waals surface area contributed by atoms with Crippen molar-refractivity contribution >= 4 is 0 Å². The van der Waals surface area contributed by atoms with E-state index in [0.29, 0.717) is 0 Å². The Labute approximate surface area is 71.0 Å². The highest BCUT2D eigenvalue weighted by Crippen LogP contribution is 2.17. The molecule has 0 amide bonds.